The maximum Gasteiger partial charge on any atom is 0.0294 e. The minimum Gasteiger partial charge on any atom is -0.310 e. The summed E-state index contributed by atoms with van der Waals surface area (Å²) < 4.78 is 0. The maximum absolute atomic E-state index is 3.44. The predicted octanol–water partition coefficient (Wildman–Crippen LogP) is 3.95. The van der Waals surface area contributed by atoms with E-state index in [1.165, 1.54) is 17.5 Å². The zero-order valence-electron chi connectivity index (χ0n) is 10.8. The van der Waals surface area contributed by atoms with Crippen LogP contribution in [-0.4, -0.2) is 6.54 Å². The summed E-state index contributed by atoms with van der Waals surface area (Å²) in [6, 6.07) is 9.22. The first-order valence-electron chi connectivity index (χ1n) is 6.19. The van der Waals surface area contributed by atoms with Gasteiger partial charge in [-0.3, -0.25) is 0 Å². The average Bonchev–Trinajstić information content (AvgIpc) is 2.35. The third-order valence-electron chi connectivity index (χ3n) is 2.37. The van der Waals surface area contributed by atoms with Crippen LogP contribution < -0.4 is 5.32 Å². The van der Waals surface area contributed by atoms with Gasteiger partial charge in [0, 0.05) is 6.04 Å². The van der Waals surface area contributed by atoms with Crippen LogP contribution >= 0.6 is 0 Å². The lowest BCUT2D eigenvalue weighted by Gasteiger charge is -2.23. The second-order valence-corrected chi connectivity index (χ2v) is 3.12. The molecule has 0 spiro atoms. The van der Waals surface area contributed by atoms with Crippen LogP contribution in [0.4, 0.5) is 0 Å². The van der Waals surface area contributed by atoms with Gasteiger partial charge in [0.15, 0.2) is 0 Å². The molecule has 2 rings (SSSR count). The molecule has 86 valence electrons. The van der Waals surface area contributed by atoms with Crippen molar-refractivity contribution in [3.05, 3.63) is 35.4 Å². The van der Waals surface area contributed by atoms with Gasteiger partial charge in [-0.25, -0.2) is 0 Å². The monoisotopic (exact) mass is 207 g/mol. The van der Waals surface area contributed by atoms with E-state index in [-0.39, 0.29) is 0 Å². The quantitative estimate of drug-likeness (QED) is 0.679. The minimum absolute atomic E-state index is 0.542. The Morgan fingerprint density at radius 2 is 1.67 bits per heavy atom. The highest BCUT2D eigenvalue weighted by Gasteiger charge is 2.13. The highest BCUT2D eigenvalue weighted by atomic mass is 14.9. The number of rotatable bonds is 0. The molecule has 1 atom stereocenters. The van der Waals surface area contributed by atoms with Crippen LogP contribution in [0.15, 0.2) is 24.3 Å². The van der Waals surface area contributed by atoms with E-state index in [1.54, 1.807) is 0 Å². The van der Waals surface area contributed by atoms with Gasteiger partial charge in [-0.1, -0.05) is 52.0 Å². The first kappa shape index (κ1) is 14.2. The molecule has 1 N–H and O–H groups in total. The van der Waals surface area contributed by atoms with Crippen molar-refractivity contribution in [1.82, 2.24) is 5.32 Å². The Hall–Kier alpha value is -0.820. The minimum atomic E-state index is 0.542. The molecular formula is C14H25N. The fourth-order valence-electron chi connectivity index (χ4n) is 1.72. The standard InChI is InChI=1S/C10H13N.2C2H6/c1-8-10-5-3-2-4-9(10)6-7-11-8;2*1-2/h2-5,8,11H,6-7H2,1H3;2*1-2H3. The third kappa shape index (κ3) is 4.05. The summed E-state index contributed by atoms with van der Waals surface area (Å²) in [6.07, 6.45) is 1.18. The van der Waals surface area contributed by atoms with Crippen molar-refractivity contribution >= 4 is 0 Å². The second kappa shape index (κ2) is 8.49. The van der Waals surface area contributed by atoms with E-state index in [4.69, 9.17) is 0 Å². The number of hydrogen-bond donors (Lipinski definition) is 1. The Balaban J connectivity index is 0.000000442. The summed E-state index contributed by atoms with van der Waals surface area (Å²) in [5.74, 6) is 0. The predicted molar refractivity (Wildman–Crippen MR) is 69.3 cm³/mol. The lowest BCUT2D eigenvalue weighted by Crippen LogP contribution is -2.27. The van der Waals surface area contributed by atoms with Crippen LogP contribution in [0.1, 0.15) is 51.8 Å². The van der Waals surface area contributed by atoms with Gasteiger partial charge in [0.05, 0.1) is 0 Å². The molecular weight excluding hydrogens is 182 g/mol. The van der Waals surface area contributed by atoms with E-state index in [1.807, 2.05) is 27.7 Å². The fourth-order valence-corrected chi connectivity index (χ4v) is 1.72. The van der Waals surface area contributed by atoms with E-state index in [2.05, 4.69) is 36.5 Å². The Morgan fingerprint density at radius 3 is 2.27 bits per heavy atom. The van der Waals surface area contributed by atoms with Crippen LogP contribution in [0.2, 0.25) is 0 Å². The van der Waals surface area contributed by atoms with Gasteiger partial charge < -0.3 is 5.32 Å². The van der Waals surface area contributed by atoms with Crippen LogP contribution in [0, 0.1) is 0 Å². The maximum atomic E-state index is 3.44. The largest absolute Gasteiger partial charge is 0.310 e. The summed E-state index contributed by atoms with van der Waals surface area (Å²) in [4.78, 5) is 0. The average molecular weight is 207 g/mol. The molecule has 0 saturated heterocycles. The topological polar surface area (TPSA) is 12.0 Å². The second-order valence-electron chi connectivity index (χ2n) is 3.12. The van der Waals surface area contributed by atoms with Crippen LogP contribution in [-0.2, 0) is 6.42 Å². The molecule has 0 bridgehead atoms. The lowest BCUT2D eigenvalue weighted by molar-refractivity contribution is 0.541. The molecule has 0 aromatic heterocycles. The van der Waals surface area contributed by atoms with Gasteiger partial charge >= 0.3 is 0 Å². The number of benzene rings is 1. The molecule has 1 aliphatic rings. The SMILES string of the molecule is CC.CC.CC1NCCc2ccccc21. The first-order valence-corrected chi connectivity index (χ1v) is 6.19. The highest BCUT2D eigenvalue weighted by Crippen LogP contribution is 2.21. The Bertz CT molecular complexity index is 255. The van der Waals surface area contributed by atoms with Crippen LogP contribution in [0.3, 0.4) is 0 Å². The van der Waals surface area contributed by atoms with Crippen molar-refractivity contribution in [3.63, 3.8) is 0 Å². The summed E-state index contributed by atoms with van der Waals surface area (Å²) in [5, 5.41) is 3.44. The van der Waals surface area contributed by atoms with Gasteiger partial charge in [0.1, 0.15) is 0 Å². The van der Waals surface area contributed by atoms with E-state index in [0.29, 0.717) is 6.04 Å². The van der Waals surface area contributed by atoms with Crippen molar-refractivity contribution in [2.75, 3.05) is 6.54 Å². The van der Waals surface area contributed by atoms with Crippen molar-refractivity contribution < 1.29 is 0 Å². The summed E-state index contributed by atoms with van der Waals surface area (Å²) in [7, 11) is 0. The molecule has 15 heavy (non-hydrogen) atoms. The molecule has 1 heterocycles. The summed E-state index contributed by atoms with van der Waals surface area (Å²) >= 11 is 0. The molecule has 0 aliphatic carbocycles. The number of nitrogens with one attached hydrogen (secondary N) is 1. The van der Waals surface area contributed by atoms with Crippen molar-refractivity contribution in [3.8, 4) is 0 Å². The van der Waals surface area contributed by atoms with Crippen LogP contribution in [0.5, 0.6) is 0 Å². The van der Waals surface area contributed by atoms with Gasteiger partial charge in [0.2, 0.25) is 0 Å². The van der Waals surface area contributed by atoms with E-state index in [9.17, 15) is 0 Å². The molecule has 0 fully saturated rings. The zero-order chi connectivity index (χ0) is 11.7. The zero-order valence-corrected chi connectivity index (χ0v) is 10.8. The normalized spacial score (nSPS) is 17.5. The van der Waals surface area contributed by atoms with Crippen molar-refractivity contribution in [1.29, 1.82) is 0 Å². The molecule has 0 amide bonds. The lowest BCUT2D eigenvalue weighted by atomic mass is 9.96. The molecule has 1 aliphatic heterocycles. The van der Waals surface area contributed by atoms with Gasteiger partial charge in [0.25, 0.3) is 0 Å². The van der Waals surface area contributed by atoms with Gasteiger partial charge in [-0.2, -0.15) is 0 Å². The summed E-state index contributed by atoms with van der Waals surface area (Å²) in [6.45, 7) is 11.3. The van der Waals surface area contributed by atoms with Crippen molar-refractivity contribution in [2.24, 2.45) is 0 Å². The molecule has 0 radical (unpaired) electrons. The number of fused-ring (bicyclic) bond motifs is 1. The smallest absolute Gasteiger partial charge is 0.0294 e. The Morgan fingerprint density at radius 1 is 1.07 bits per heavy atom. The van der Waals surface area contributed by atoms with E-state index < -0.39 is 0 Å². The molecule has 1 aromatic carbocycles. The van der Waals surface area contributed by atoms with Gasteiger partial charge in [-0.05, 0) is 31.0 Å². The fraction of sp³-hybridized carbons (Fsp3) is 0.571. The molecule has 1 nitrogen and oxygen atoms in total. The van der Waals surface area contributed by atoms with Gasteiger partial charge in [-0.15, -0.1) is 0 Å². The highest BCUT2D eigenvalue weighted by molar-refractivity contribution is 5.31. The van der Waals surface area contributed by atoms with Crippen LogP contribution in [0.25, 0.3) is 0 Å². The molecule has 1 aromatic rings. The summed E-state index contributed by atoms with van der Waals surface area (Å²) in [5.41, 5.74) is 2.98. The molecule has 0 saturated carbocycles. The molecule has 1 unspecified atom stereocenters. The Kier molecular flexibility index (Phi) is 8.02. The first-order chi connectivity index (χ1) is 7.38. The van der Waals surface area contributed by atoms with Crippen molar-refractivity contribution in [2.45, 2.75) is 47.1 Å². The molecule has 1 heteroatoms. The van der Waals surface area contributed by atoms with E-state index in [0.717, 1.165) is 6.54 Å². The number of hydrogen-bond acceptors (Lipinski definition) is 1. The van der Waals surface area contributed by atoms with E-state index >= 15 is 0 Å². The third-order valence-corrected chi connectivity index (χ3v) is 2.37. The Labute approximate surface area is 94.9 Å².